The number of hydrogen-bond donors (Lipinski definition) is 1. The van der Waals surface area contributed by atoms with E-state index in [9.17, 15) is 9.59 Å². The van der Waals surface area contributed by atoms with Crippen molar-refractivity contribution in [2.45, 2.75) is 6.92 Å². The van der Waals surface area contributed by atoms with E-state index >= 15 is 0 Å². The van der Waals surface area contributed by atoms with Crippen molar-refractivity contribution >= 4 is 29.2 Å². The zero-order chi connectivity index (χ0) is 15.2. The maximum absolute atomic E-state index is 11.7. The molecule has 0 spiro atoms. The monoisotopic (exact) mass is 305 g/mol. The average Bonchev–Trinajstić information content (AvgIpc) is 2.48. The van der Waals surface area contributed by atoms with Gasteiger partial charge in [0.2, 0.25) is 0 Å². The van der Waals surface area contributed by atoms with E-state index in [0.717, 1.165) is 0 Å². The number of anilines is 1. The predicted octanol–water partition coefficient (Wildman–Crippen LogP) is 2.23. The maximum Gasteiger partial charge on any atom is 0.359 e. The number of para-hydroxylation sites is 1. The van der Waals surface area contributed by atoms with Gasteiger partial charge in [0.15, 0.2) is 12.3 Å². The second-order valence-electron chi connectivity index (χ2n) is 4.15. The zero-order valence-electron chi connectivity index (χ0n) is 11.2. The summed E-state index contributed by atoms with van der Waals surface area (Å²) in [6.07, 6.45) is 2.74. The smallest absolute Gasteiger partial charge is 0.359 e. The topological polar surface area (TPSA) is 81.2 Å². The molecule has 0 aliphatic rings. The van der Waals surface area contributed by atoms with Gasteiger partial charge >= 0.3 is 5.97 Å². The number of aromatic nitrogens is 2. The molecule has 21 heavy (non-hydrogen) atoms. The molecule has 2 rings (SSSR count). The number of aryl methyl sites for hydroxylation is 1. The minimum atomic E-state index is -0.711. The first-order valence-corrected chi connectivity index (χ1v) is 6.44. The lowest BCUT2D eigenvalue weighted by molar-refractivity contribution is -0.119. The minimum absolute atomic E-state index is 0.0474. The molecule has 0 saturated carbocycles. The Labute approximate surface area is 126 Å². The van der Waals surface area contributed by atoms with Crippen LogP contribution in [0.15, 0.2) is 36.7 Å². The van der Waals surface area contributed by atoms with Crippen LogP contribution in [0.3, 0.4) is 0 Å². The zero-order valence-corrected chi connectivity index (χ0v) is 11.9. The third-order valence-electron chi connectivity index (χ3n) is 2.47. The van der Waals surface area contributed by atoms with Crippen molar-refractivity contribution < 1.29 is 14.3 Å². The van der Waals surface area contributed by atoms with Crippen molar-refractivity contribution in [2.24, 2.45) is 0 Å². The van der Waals surface area contributed by atoms with Crippen LogP contribution >= 0.6 is 11.6 Å². The van der Waals surface area contributed by atoms with E-state index in [1.165, 1.54) is 12.4 Å². The highest BCUT2D eigenvalue weighted by Gasteiger charge is 2.12. The van der Waals surface area contributed by atoms with Crippen LogP contribution in [0.2, 0.25) is 5.02 Å². The Morgan fingerprint density at radius 1 is 1.24 bits per heavy atom. The van der Waals surface area contributed by atoms with Gasteiger partial charge in [0, 0.05) is 6.20 Å². The van der Waals surface area contributed by atoms with Crippen LogP contribution in [-0.4, -0.2) is 28.5 Å². The van der Waals surface area contributed by atoms with Gasteiger partial charge < -0.3 is 10.1 Å². The van der Waals surface area contributed by atoms with Gasteiger partial charge in [-0.05, 0) is 19.1 Å². The standard InChI is InChI=1S/C14H12ClN3O3/c1-9-6-17-12(7-16-9)14(20)21-8-13(19)18-11-5-3-2-4-10(11)15/h2-7H,8H2,1H3,(H,18,19). The number of benzene rings is 1. The molecule has 1 aromatic carbocycles. The highest BCUT2D eigenvalue weighted by atomic mass is 35.5. The number of esters is 1. The molecule has 1 amide bonds. The fourth-order valence-corrected chi connectivity index (χ4v) is 1.63. The summed E-state index contributed by atoms with van der Waals surface area (Å²) in [6.45, 7) is 1.32. The minimum Gasteiger partial charge on any atom is -0.451 e. The van der Waals surface area contributed by atoms with Gasteiger partial charge in [0.1, 0.15) is 0 Å². The summed E-state index contributed by atoms with van der Waals surface area (Å²) < 4.78 is 4.85. The van der Waals surface area contributed by atoms with Crippen molar-refractivity contribution in [1.82, 2.24) is 9.97 Å². The van der Waals surface area contributed by atoms with Crippen molar-refractivity contribution in [3.8, 4) is 0 Å². The van der Waals surface area contributed by atoms with Crippen molar-refractivity contribution in [1.29, 1.82) is 0 Å². The molecule has 1 aromatic heterocycles. The van der Waals surface area contributed by atoms with Crippen molar-refractivity contribution in [2.75, 3.05) is 11.9 Å². The van der Waals surface area contributed by atoms with Crippen LogP contribution in [0, 0.1) is 6.92 Å². The van der Waals surface area contributed by atoms with Gasteiger partial charge in [-0.3, -0.25) is 9.78 Å². The summed E-state index contributed by atoms with van der Waals surface area (Å²) in [5.41, 5.74) is 1.18. The molecule has 1 N–H and O–H groups in total. The van der Waals surface area contributed by atoms with E-state index in [1.54, 1.807) is 31.2 Å². The number of ether oxygens (including phenoxy) is 1. The van der Waals surface area contributed by atoms with E-state index in [2.05, 4.69) is 15.3 Å². The normalized spacial score (nSPS) is 10.0. The molecule has 0 fully saturated rings. The van der Waals surface area contributed by atoms with Crippen LogP contribution in [0.5, 0.6) is 0 Å². The number of nitrogens with zero attached hydrogens (tertiary/aromatic N) is 2. The van der Waals surface area contributed by atoms with E-state index in [0.29, 0.717) is 16.4 Å². The van der Waals surface area contributed by atoms with Gasteiger partial charge in [0.25, 0.3) is 5.91 Å². The second kappa shape index (κ2) is 6.81. The number of carbonyl (C=O) groups excluding carboxylic acids is 2. The highest BCUT2D eigenvalue weighted by Crippen LogP contribution is 2.20. The number of carbonyl (C=O) groups is 2. The molecule has 7 heteroatoms. The second-order valence-corrected chi connectivity index (χ2v) is 4.55. The van der Waals surface area contributed by atoms with E-state index in [1.807, 2.05) is 0 Å². The molecular formula is C14H12ClN3O3. The lowest BCUT2D eigenvalue weighted by atomic mass is 10.3. The maximum atomic E-state index is 11.7. The Morgan fingerprint density at radius 3 is 2.67 bits per heavy atom. The number of nitrogens with one attached hydrogen (secondary N) is 1. The number of halogens is 1. The Balaban J connectivity index is 1.88. The third kappa shape index (κ3) is 4.25. The summed E-state index contributed by atoms with van der Waals surface area (Å²) in [4.78, 5) is 31.1. The number of amides is 1. The van der Waals surface area contributed by atoms with Gasteiger partial charge in [-0.1, -0.05) is 23.7 Å². The van der Waals surface area contributed by atoms with Crippen molar-refractivity contribution in [3.63, 3.8) is 0 Å². The van der Waals surface area contributed by atoms with E-state index in [-0.39, 0.29) is 5.69 Å². The molecule has 0 bridgehead atoms. The molecule has 0 saturated heterocycles. The quantitative estimate of drug-likeness (QED) is 0.876. The molecule has 0 unspecified atom stereocenters. The van der Waals surface area contributed by atoms with Crippen LogP contribution < -0.4 is 5.32 Å². The van der Waals surface area contributed by atoms with E-state index < -0.39 is 18.5 Å². The fraction of sp³-hybridized carbons (Fsp3) is 0.143. The molecule has 1 heterocycles. The average molecular weight is 306 g/mol. The SMILES string of the molecule is Cc1cnc(C(=O)OCC(=O)Nc2ccccc2Cl)cn1. The first kappa shape index (κ1) is 14.9. The van der Waals surface area contributed by atoms with Gasteiger partial charge in [-0.2, -0.15) is 0 Å². The first-order valence-electron chi connectivity index (χ1n) is 6.06. The Bertz CT molecular complexity index is 659. The molecule has 0 radical (unpaired) electrons. The van der Waals surface area contributed by atoms with Gasteiger partial charge in [-0.25, -0.2) is 9.78 Å². The number of rotatable bonds is 4. The van der Waals surface area contributed by atoms with Crippen LogP contribution in [0.1, 0.15) is 16.2 Å². The predicted molar refractivity (Wildman–Crippen MR) is 77.1 cm³/mol. The summed E-state index contributed by atoms with van der Waals surface area (Å²) in [5.74, 6) is -1.20. The summed E-state index contributed by atoms with van der Waals surface area (Å²) in [6, 6.07) is 6.77. The highest BCUT2D eigenvalue weighted by molar-refractivity contribution is 6.33. The Kier molecular flexibility index (Phi) is 4.84. The van der Waals surface area contributed by atoms with E-state index in [4.69, 9.17) is 16.3 Å². The molecule has 108 valence electrons. The third-order valence-corrected chi connectivity index (χ3v) is 2.80. The summed E-state index contributed by atoms with van der Waals surface area (Å²) in [7, 11) is 0. The molecule has 0 atom stereocenters. The lowest BCUT2D eigenvalue weighted by Gasteiger charge is -2.07. The molecule has 6 nitrogen and oxygen atoms in total. The van der Waals surface area contributed by atoms with Gasteiger partial charge in [0.05, 0.1) is 22.6 Å². The molecular weight excluding hydrogens is 294 g/mol. The first-order chi connectivity index (χ1) is 10.1. The Morgan fingerprint density at radius 2 is 2.00 bits per heavy atom. The Hall–Kier alpha value is -2.47. The van der Waals surface area contributed by atoms with Gasteiger partial charge in [-0.15, -0.1) is 0 Å². The molecule has 0 aliphatic heterocycles. The summed E-state index contributed by atoms with van der Waals surface area (Å²) in [5, 5.41) is 2.95. The fourth-order valence-electron chi connectivity index (χ4n) is 1.45. The van der Waals surface area contributed by atoms with Crippen LogP contribution in [0.4, 0.5) is 5.69 Å². The van der Waals surface area contributed by atoms with Crippen LogP contribution in [-0.2, 0) is 9.53 Å². The van der Waals surface area contributed by atoms with Crippen LogP contribution in [0.25, 0.3) is 0 Å². The largest absolute Gasteiger partial charge is 0.451 e. The van der Waals surface area contributed by atoms with Crippen molar-refractivity contribution in [3.05, 3.63) is 53.1 Å². The summed E-state index contributed by atoms with van der Waals surface area (Å²) >= 11 is 5.90. The molecule has 0 aliphatic carbocycles. The molecule has 2 aromatic rings. The number of hydrogen-bond acceptors (Lipinski definition) is 5. The lowest BCUT2D eigenvalue weighted by Crippen LogP contribution is -2.21.